The van der Waals surface area contributed by atoms with E-state index in [1.807, 2.05) is 0 Å². The standard InChI is InChI=1S/C21H19Cl2FN2O6S4/c22-13-3-5-17-15(11-13)25(7-1-9-35(27,28)29)20(33-17)19(24)21-26(8-2-10-36(30,31)32)16-12-14(23)4-6-18(16)34-21/h3-6,11-12H,1-2,7-10H2,(H-,27,28,29,30,31,32). The number of thiazole rings is 1. The molecule has 0 amide bonds. The van der Waals surface area contributed by atoms with Crippen molar-refractivity contribution < 1.29 is 34.9 Å². The van der Waals surface area contributed by atoms with Crippen molar-refractivity contribution in [2.24, 2.45) is 0 Å². The molecule has 1 N–H and O–H groups in total. The van der Waals surface area contributed by atoms with Crippen LogP contribution in [0.2, 0.25) is 10.0 Å². The second-order valence-electron chi connectivity index (χ2n) is 7.91. The first-order valence-corrected chi connectivity index (χ1v) is 16.1. The highest BCUT2D eigenvalue weighted by atomic mass is 35.5. The van der Waals surface area contributed by atoms with Crippen LogP contribution in [0.1, 0.15) is 17.8 Å². The normalized spacial score (nSPS) is 15.5. The monoisotopic (exact) mass is 612 g/mol. The van der Waals surface area contributed by atoms with Crippen LogP contribution in [0.15, 0.2) is 46.3 Å². The molecule has 1 aromatic heterocycles. The van der Waals surface area contributed by atoms with Crippen molar-refractivity contribution in [3.63, 3.8) is 0 Å². The van der Waals surface area contributed by atoms with Crippen molar-refractivity contribution in [2.75, 3.05) is 23.0 Å². The fraction of sp³-hybridized carbons (Fsp3) is 0.286. The summed E-state index contributed by atoms with van der Waals surface area (Å²) < 4.78 is 83.5. The highest BCUT2D eigenvalue weighted by molar-refractivity contribution is 8.04. The third kappa shape index (κ3) is 6.51. The van der Waals surface area contributed by atoms with Crippen molar-refractivity contribution in [1.82, 2.24) is 0 Å². The summed E-state index contributed by atoms with van der Waals surface area (Å²) in [4.78, 5) is 2.32. The van der Waals surface area contributed by atoms with Gasteiger partial charge in [-0.05, 0) is 36.8 Å². The van der Waals surface area contributed by atoms with E-state index < -0.39 is 37.6 Å². The minimum Gasteiger partial charge on any atom is -0.748 e. The second kappa shape index (κ2) is 10.7. The number of halogens is 3. The Bertz CT molecular complexity index is 1570. The Kier molecular flexibility index (Phi) is 8.22. The minimum absolute atomic E-state index is 0.0223. The quantitative estimate of drug-likeness (QED) is 0.267. The van der Waals surface area contributed by atoms with Crippen LogP contribution in [-0.2, 0) is 26.8 Å². The van der Waals surface area contributed by atoms with Crippen LogP contribution in [-0.4, -0.2) is 44.0 Å². The molecule has 0 aliphatic carbocycles. The zero-order valence-corrected chi connectivity index (χ0v) is 23.1. The number of thioether (sulfide) groups is 1. The van der Waals surface area contributed by atoms with E-state index in [9.17, 15) is 21.4 Å². The van der Waals surface area contributed by atoms with Crippen LogP contribution in [0.25, 0.3) is 16.0 Å². The average Bonchev–Trinajstić information content (AvgIpc) is 3.30. The summed E-state index contributed by atoms with van der Waals surface area (Å²) in [6.45, 7) is 0.151. The maximum atomic E-state index is 16.3. The lowest BCUT2D eigenvalue weighted by atomic mass is 10.2. The molecule has 2 heterocycles. The molecule has 4 rings (SSSR count). The van der Waals surface area contributed by atoms with Crippen LogP contribution >= 0.6 is 46.3 Å². The van der Waals surface area contributed by atoms with Crippen LogP contribution < -0.4 is 9.47 Å². The molecule has 0 bridgehead atoms. The van der Waals surface area contributed by atoms with Gasteiger partial charge in [-0.1, -0.05) is 46.3 Å². The van der Waals surface area contributed by atoms with Gasteiger partial charge in [-0.2, -0.15) is 17.4 Å². The molecular formula is C21H19Cl2FN2O6S4. The molecule has 0 spiro atoms. The molecule has 1 aliphatic rings. The van der Waals surface area contributed by atoms with Crippen molar-refractivity contribution in [2.45, 2.75) is 24.3 Å². The Morgan fingerprint density at radius 3 is 2.44 bits per heavy atom. The Morgan fingerprint density at radius 2 is 1.75 bits per heavy atom. The van der Waals surface area contributed by atoms with E-state index in [1.54, 1.807) is 45.9 Å². The van der Waals surface area contributed by atoms with Crippen molar-refractivity contribution in [3.05, 3.63) is 56.5 Å². The summed E-state index contributed by atoms with van der Waals surface area (Å²) in [6.07, 6.45) is 0.0109. The third-order valence-corrected chi connectivity index (χ3v) is 9.64. The molecule has 0 radical (unpaired) electrons. The second-order valence-corrected chi connectivity index (χ2v) is 13.9. The molecule has 194 valence electrons. The molecule has 0 fully saturated rings. The lowest BCUT2D eigenvalue weighted by Crippen LogP contribution is -2.37. The molecule has 3 aromatic rings. The van der Waals surface area contributed by atoms with E-state index in [0.717, 1.165) is 23.1 Å². The van der Waals surface area contributed by atoms with Crippen LogP contribution in [0.3, 0.4) is 0 Å². The molecule has 1 aliphatic heterocycles. The van der Waals surface area contributed by atoms with E-state index >= 15 is 4.39 Å². The van der Waals surface area contributed by atoms with Gasteiger partial charge in [-0.25, -0.2) is 8.42 Å². The number of nitrogens with zero attached hydrogens (tertiary/aromatic N) is 2. The number of hydrogen-bond acceptors (Lipinski definition) is 8. The van der Waals surface area contributed by atoms with Crippen molar-refractivity contribution >= 4 is 88.3 Å². The molecular weight excluding hydrogens is 594 g/mol. The summed E-state index contributed by atoms with van der Waals surface area (Å²) in [5.74, 6) is -1.71. The third-order valence-electron chi connectivity index (χ3n) is 5.26. The average molecular weight is 614 g/mol. The van der Waals surface area contributed by atoms with E-state index in [-0.39, 0.29) is 36.0 Å². The summed E-state index contributed by atoms with van der Waals surface area (Å²) in [7, 11) is -8.65. The summed E-state index contributed by atoms with van der Waals surface area (Å²) in [6, 6.07) is 10.1. The highest BCUT2D eigenvalue weighted by Gasteiger charge is 2.34. The molecule has 15 heteroatoms. The van der Waals surface area contributed by atoms with Crippen molar-refractivity contribution in [1.29, 1.82) is 0 Å². The van der Waals surface area contributed by atoms with Crippen LogP contribution in [0.5, 0.6) is 0 Å². The van der Waals surface area contributed by atoms with Gasteiger partial charge in [0.25, 0.3) is 10.1 Å². The number of fused-ring (bicyclic) bond motifs is 2. The zero-order valence-electron chi connectivity index (χ0n) is 18.4. The number of aromatic nitrogens is 1. The summed E-state index contributed by atoms with van der Waals surface area (Å²) >= 11 is 14.6. The van der Waals surface area contributed by atoms with Gasteiger partial charge in [0.2, 0.25) is 11.3 Å². The number of aryl methyl sites for hydroxylation is 1. The topological polar surface area (TPSA) is 119 Å². The highest BCUT2D eigenvalue weighted by Crippen LogP contribution is 2.50. The maximum absolute atomic E-state index is 16.3. The Balaban J connectivity index is 1.79. The minimum atomic E-state index is -4.45. The number of benzene rings is 2. The molecule has 0 saturated heterocycles. The van der Waals surface area contributed by atoms with Crippen LogP contribution in [0, 0.1) is 0 Å². The van der Waals surface area contributed by atoms with Gasteiger partial charge in [0, 0.05) is 39.7 Å². The number of anilines is 1. The first-order chi connectivity index (χ1) is 16.8. The SMILES string of the molecule is O=S(=O)([O-])CCC[n+]1c(/C(F)=C2/Sc3ccc(Cl)cc3N2CCCS(=O)(=O)O)sc2ccc(Cl)cc21. The maximum Gasteiger partial charge on any atom is 0.301 e. The molecule has 0 atom stereocenters. The van der Waals surface area contributed by atoms with Crippen LogP contribution in [0.4, 0.5) is 10.1 Å². The summed E-state index contributed by atoms with van der Waals surface area (Å²) in [5, 5.41) is 1.22. The zero-order chi connectivity index (χ0) is 26.3. The fourth-order valence-electron chi connectivity index (χ4n) is 3.78. The largest absolute Gasteiger partial charge is 0.748 e. The number of rotatable bonds is 9. The smallest absolute Gasteiger partial charge is 0.301 e. The molecule has 36 heavy (non-hydrogen) atoms. The van der Waals surface area contributed by atoms with E-state index in [0.29, 0.717) is 30.8 Å². The fourth-order valence-corrected chi connectivity index (χ4v) is 7.36. The number of hydrogen-bond donors (Lipinski definition) is 1. The molecule has 8 nitrogen and oxygen atoms in total. The van der Waals surface area contributed by atoms with Gasteiger partial charge < -0.3 is 9.45 Å². The molecule has 0 unspecified atom stereocenters. The molecule has 0 saturated carbocycles. The lowest BCUT2D eigenvalue weighted by Gasteiger charge is -2.20. The van der Waals surface area contributed by atoms with Gasteiger partial charge in [0.15, 0.2) is 6.54 Å². The lowest BCUT2D eigenvalue weighted by molar-refractivity contribution is -0.669. The first-order valence-electron chi connectivity index (χ1n) is 10.5. The predicted octanol–water partition coefficient (Wildman–Crippen LogP) is 4.92. The van der Waals surface area contributed by atoms with Gasteiger partial charge in [0.1, 0.15) is 9.73 Å². The van der Waals surface area contributed by atoms with Crippen molar-refractivity contribution in [3.8, 4) is 0 Å². The van der Waals surface area contributed by atoms with Gasteiger partial charge >= 0.3 is 5.01 Å². The Labute approximate surface area is 225 Å². The molecule has 2 aromatic carbocycles. The van der Waals surface area contributed by atoms with E-state index in [4.69, 9.17) is 27.8 Å². The Hall–Kier alpha value is -1.45. The van der Waals surface area contributed by atoms with E-state index in [2.05, 4.69) is 0 Å². The van der Waals surface area contributed by atoms with Gasteiger partial charge in [-0.3, -0.25) is 4.55 Å². The summed E-state index contributed by atoms with van der Waals surface area (Å²) in [5.41, 5.74) is 1.18. The van der Waals surface area contributed by atoms with Gasteiger partial charge in [0.05, 0.1) is 21.6 Å². The Morgan fingerprint density at radius 1 is 1.06 bits per heavy atom. The van der Waals surface area contributed by atoms with E-state index in [1.165, 1.54) is 0 Å². The first kappa shape index (κ1) is 27.6. The van der Waals surface area contributed by atoms with Gasteiger partial charge in [-0.15, -0.1) is 0 Å². The predicted molar refractivity (Wildman–Crippen MR) is 140 cm³/mol.